The maximum absolute atomic E-state index is 13.4. The number of carboxylic acids is 1. The van der Waals surface area contributed by atoms with Gasteiger partial charge < -0.3 is 44.6 Å². The van der Waals surface area contributed by atoms with Crippen LogP contribution in [-0.4, -0.2) is 101 Å². The SMILES string of the molecule is CC(C)(C)OC(=O)CCN(CC(=O)N1CCc2cc(O)ccc21)C(=O)OC(C)(C)C.CC(C)Cc1cc(CCl)sc1C(F)(F)F.CC(C)Cc1cc(CO)sc1C(F)(F)F.CC(C)Cc1cc(COc2ccc3c(c2)CCN3C(=O)CNCCC(=O)O)sc1C(F)(F)F. The molecule has 15 nitrogen and oxygen atoms in total. The molecular formula is C65H84ClF9N4O11S3. The summed E-state index contributed by atoms with van der Waals surface area (Å²) >= 11 is 7.65. The lowest BCUT2D eigenvalue weighted by atomic mass is 10.0. The molecule has 0 atom stereocenters. The number of fused-ring (bicyclic) bond motifs is 2. The zero-order valence-electron chi connectivity index (χ0n) is 54.2. The lowest BCUT2D eigenvalue weighted by Gasteiger charge is -2.29. The Hall–Kier alpha value is -6.13. The third kappa shape index (κ3) is 26.5. The average molecular weight is 1400 g/mol. The predicted molar refractivity (Wildman–Crippen MR) is 343 cm³/mol. The lowest BCUT2D eigenvalue weighted by molar-refractivity contribution is -0.155. The minimum absolute atomic E-state index is 0.00580. The number of hydrogen-bond acceptors (Lipinski definition) is 14. The number of alkyl halides is 10. The van der Waals surface area contributed by atoms with Gasteiger partial charge in [0.25, 0.3) is 0 Å². The van der Waals surface area contributed by atoms with Crippen LogP contribution in [0.3, 0.4) is 0 Å². The second-order valence-corrected chi connectivity index (χ2v) is 29.0. The Balaban J connectivity index is 0.000000280. The molecule has 2 aliphatic heterocycles. The molecule has 0 fully saturated rings. The minimum atomic E-state index is -4.38. The minimum Gasteiger partial charge on any atom is -0.508 e. The van der Waals surface area contributed by atoms with Crippen LogP contribution >= 0.6 is 45.6 Å². The molecule has 0 radical (unpaired) electrons. The van der Waals surface area contributed by atoms with Crippen molar-refractivity contribution in [3.63, 3.8) is 0 Å². The molecule has 5 heterocycles. The number of phenols is 1. The molecule has 0 saturated heterocycles. The number of rotatable bonds is 21. The number of amides is 3. The molecule has 0 unspecified atom stereocenters. The summed E-state index contributed by atoms with van der Waals surface area (Å²) in [7, 11) is 0. The molecule has 518 valence electrons. The number of nitrogens with one attached hydrogen (secondary N) is 1. The monoisotopic (exact) mass is 1400 g/mol. The number of phenolic OH excluding ortho intramolecular Hbond substituents is 1. The molecule has 28 heteroatoms. The van der Waals surface area contributed by atoms with Crippen LogP contribution in [0.25, 0.3) is 0 Å². The maximum atomic E-state index is 13.4. The summed E-state index contributed by atoms with van der Waals surface area (Å²) in [5.41, 5.74) is 2.90. The van der Waals surface area contributed by atoms with Crippen LogP contribution in [0, 0.1) is 17.8 Å². The van der Waals surface area contributed by atoms with Gasteiger partial charge in [-0.25, -0.2) is 4.79 Å². The van der Waals surface area contributed by atoms with Gasteiger partial charge in [0, 0.05) is 52.2 Å². The van der Waals surface area contributed by atoms with Gasteiger partial charge in [0.2, 0.25) is 11.8 Å². The van der Waals surface area contributed by atoms with Gasteiger partial charge in [-0.05, 0) is 174 Å². The van der Waals surface area contributed by atoms with Crippen molar-refractivity contribution >= 4 is 86.8 Å². The van der Waals surface area contributed by atoms with Crippen LogP contribution in [-0.2, 0) is 98.4 Å². The smallest absolute Gasteiger partial charge is 0.425 e. The number of carbonyl (C=O) groups is 5. The van der Waals surface area contributed by atoms with E-state index in [4.69, 9.17) is 36.0 Å². The van der Waals surface area contributed by atoms with Crippen molar-refractivity contribution in [1.29, 1.82) is 0 Å². The van der Waals surface area contributed by atoms with E-state index in [1.165, 1.54) is 17.0 Å². The Morgan fingerprint density at radius 1 is 0.624 bits per heavy atom. The van der Waals surface area contributed by atoms with E-state index in [0.717, 1.165) is 39.5 Å². The number of thiophene rings is 3. The molecule has 93 heavy (non-hydrogen) atoms. The number of aliphatic hydroxyl groups is 1. The Bertz CT molecular complexity index is 3230. The highest BCUT2D eigenvalue weighted by atomic mass is 35.5. The van der Waals surface area contributed by atoms with E-state index in [2.05, 4.69) is 5.32 Å². The fraction of sp³-hybridized carbons (Fsp3) is 0.554. The number of aromatic hydroxyl groups is 1. The summed E-state index contributed by atoms with van der Waals surface area (Å²) in [4.78, 5) is 65.0. The number of carboxylic acid groups (broad SMARTS) is 1. The number of aliphatic carboxylic acids is 1. The summed E-state index contributed by atoms with van der Waals surface area (Å²) in [5.74, 6) is -0.483. The van der Waals surface area contributed by atoms with Crippen LogP contribution in [0.4, 0.5) is 55.7 Å². The molecule has 2 aromatic carbocycles. The second kappa shape index (κ2) is 34.5. The third-order valence-corrected chi connectivity index (χ3v) is 17.3. The summed E-state index contributed by atoms with van der Waals surface area (Å²) < 4.78 is 132. The Kier molecular flexibility index (Phi) is 29.4. The van der Waals surface area contributed by atoms with Crippen molar-refractivity contribution in [1.82, 2.24) is 10.2 Å². The number of aliphatic hydroxyl groups excluding tert-OH is 1. The highest BCUT2D eigenvalue weighted by Gasteiger charge is 2.39. The van der Waals surface area contributed by atoms with E-state index in [9.17, 15) is 68.6 Å². The molecule has 5 aromatic rings. The highest BCUT2D eigenvalue weighted by Crippen LogP contribution is 2.42. The van der Waals surface area contributed by atoms with Crippen LogP contribution in [0.1, 0.15) is 153 Å². The third-order valence-electron chi connectivity index (χ3n) is 13.2. The first-order chi connectivity index (χ1) is 43.0. The number of anilines is 2. The Labute approximate surface area is 554 Å². The van der Waals surface area contributed by atoms with E-state index < -0.39 is 62.4 Å². The van der Waals surface area contributed by atoms with Gasteiger partial charge >= 0.3 is 36.6 Å². The number of hydrogen-bond donors (Lipinski definition) is 4. The summed E-state index contributed by atoms with van der Waals surface area (Å²) in [5, 5.41) is 29.9. The van der Waals surface area contributed by atoms with Gasteiger partial charge in [-0.2, -0.15) is 39.5 Å². The van der Waals surface area contributed by atoms with E-state index >= 15 is 0 Å². The van der Waals surface area contributed by atoms with Gasteiger partial charge in [-0.3, -0.25) is 24.1 Å². The topological polar surface area (TPSA) is 195 Å². The van der Waals surface area contributed by atoms with Crippen molar-refractivity contribution in [2.24, 2.45) is 17.8 Å². The van der Waals surface area contributed by atoms with Crippen LogP contribution in [0.15, 0.2) is 54.6 Å². The van der Waals surface area contributed by atoms with E-state index in [0.29, 0.717) is 99.3 Å². The predicted octanol–water partition coefficient (Wildman–Crippen LogP) is 15.9. The molecule has 2 aliphatic rings. The molecule has 3 aromatic heterocycles. The number of esters is 1. The maximum Gasteiger partial charge on any atom is 0.425 e. The Morgan fingerprint density at radius 3 is 1.54 bits per heavy atom. The molecule has 7 rings (SSSR count). The number of halogens is 10. The largest absolute Gasteiger partial charge is 0.508 e. The van der Waals surface area contributed by atoms with E-state index in [1.54, 1.807) is 87.7 Å². The van der Waals surface area contributed by atoms with Crippen LogP contribution < -0.4 is 19.9 Å². The van der Waals surface area contributed by atoms with Crippen LogP contribution in [0.5, 0.6) is 11.5 Å². The van der Waals surface area contributed by atoms with E-state index in [1.807, 2.05) is 47.6 Å². The normalized spacial score (nSPS) is 13.2. The fourth-order valence-corrected chi connectivity index (χ4v) is 12.6. The zero-order chi connectivity index (χ0) is 70.1. The average Bonchev–Trinajstić information content (AvgIpc) is 1.73. The molecule has 0 spiro atoms. The molecule has 4 N–H and O–H groups in total. The standard InChI is InChI=1S/C23H27F3N2O4S.C22H32N2O6.C10H12ClF3S.C10H13F3OS/c1-14(2)9-16-11-18(33-22(16)23(24,25)26)13-32-17-3-4-19-15(10-17)6-8-28(19)20(29)12-27-7-5-21(30)31;1-21(2,3)29-19(27)10-11-23(20(28)30-22(4,5)6)14-18(26)24-12-9-15-13-16(25)7-8-17(15)24;1-6(2)3-7-4-8(5-11)15-9(7)10(12,13)14;1-6(2)3-7-4-8(5-14)15-9(7)10(11,12)13/h3-4,10-11,14,27H,5-9,12-13H2,1-2H3,(H,30,31);7-8,13,25H,9-12,14H2,1-6H3;4,6H,3,5H2,1-2H3;4,6,14H,3,5H2,1-2H3. The van der Waals surface area contributed by atoms with E-state index in [-0.39, 0.29) is 93.4 Å². The van der Waals surface area contributed by atoms with Gasteiger partial charge in [0.15, 0.2) is 0 Å². The first-order valence-corrected chi connectivity index (χ1v) is 33.0. The van der Waals surface area contributed by atoms with Crippen molar-refractivity contribution in [2.75, 3.05) is 49.1 Å². The van der Waals surface area contributed by atoms with Crippen molar-refractivity contribution in [2.45, 2.75) is 177 Å². The summed E-state index contributed by atoms with van der Waals surface area (Å²) in [6.45, 7) is 22.6. The molecule has 0 bridgehead atoms. The number of nitrogens with zero attached hydrogens (tertiary/aromatic N) is 3. The van der Waals surface area contributed by atoms with Gasteiger partial charge in [0.05, 0.1) is 31.9 Å². The van der Waals surface area contributed by atoms with Gasteiger partial charge in [-0.15, -0.1) is 45.6 Å². The molecular weight excluding hydrogens is 1320 g/mol. The molecule has 0 saturated carbocycles. The van der Waals surface area contributed by atoms with Gasteiger partial charge in [0.1, 0.15) is 50.5 Å². The van der Waals surface area contributed by atoms with Crippen LogP contribution in [0.2, 0.25) is 0 Å². The molecule has 3 amide bonds. The number of benzene rings is 2. The molecule has 0 aliphatic carbocycles. The first-order valence-electron chi connectivity index (χ1n) is 30.0. The number of carbonyl (C=O) groups excluding carboxylic acids is 4. The quantitative estimate of drug-likeness (QED) is 0.0235. The van der Waals surface area contributed by atoms with Crippen molar-refractivity contribution in [3.8, 4) is 11.5 Å². The number of ether oxygens (including phenoxy) is 3. The lowest BCUT2D eigenvalue weighted by Crippen LogP contribution is -2.45. The highest BCUT2D eigenvalue weighted by molar-refractivity contribution is 7.13. The Morgan fingerprint density at radius 2 is 1.08 bits per heavy atom. The summed E-state index contributed by atoms with van der Waals surface area (Å²) in [6, 6.07) is 14.7. The van der Waals surface area contributed by atoms with Crippen molar-refractivity contribution in [3.05, 3.63) is 112 Å². The van der Waals surface area contributed by atoms with Crippen molar-refractivity contribution < 1.29 is 93.0 Å². The first kappa shape index (κ1) is 79.3. The fourth-order valence-electron chi connectivity index (χ4n) is 9.61. The summed E-state index contributed by atoms with van der Waals surface area (Å²) in [6.07, 6.45) is -11.2. The zero-order valence-corrected chi connectivity index (χ0v) is 57.4. The second-order valence-electron chi connectivity index (χ2n) is 25.3. The van der Waals surface area contributed by atoms with Gasteiger partial charge in [-0.1, -0.05) is 41.5 Å².